The lowest BCUT2D eigenvalue weighted by Gasteiger charge is -2.19. The van der Waals surface area contributed by atoms with E-state index in [1.54, 1.807) is 0 Å². The summed E-state index contributed by atoms with van der Waals surface area (Å²) in [4.78, 5) is 19.8. The molecule has 0 spiro atoms. The number of nitrogens with zero attached hydrogens (tertiary/aromatic N) is 3. The number of nitrogens with one attached hydrogen (secondary N) is 1. The fraction of sp³-hybridized carbons (Fsp3) is 0.462. The molecule has 2 heterocycles. The van der Waals surface area contributed by atoms with Crippen molar-refractivity contribution in [2.75, 3.05) is 12.3 Å². The monoisotopic (exact) mass is 355 g/mol. The summed E-state index contributed by atoms with van der Waals surface area (Å²) in [6.45, 7) is 6.45. The quantitative estimate of drug-likeness (QED) is 0.880. The van der Waals surface area contributed by atoms with Crippen LogP contribution in [0.15, 0.2) is 17.0 Å². The Morgan fingerprint density at radius 1 is 1.48 bits per heavy atom. The molecule has 3 N–H and O–H groups in total. The molecule has 0 unspecified atom stereocenters. The van der Waals surface area contributed by atoms with E-state index in [1.807, 2.05) is 31.5 Å². The van der Waals surface area contributed by atoms with Gasteiger partial charge in [-0.1, -0.05) is 0 Å². The van der Waals surface area contributed by atoms with Gasteiger partial charge in [-0.15, -0.1) is 0 Å². The van der Waals surface area contributed by atoms with Crippen molar-refractivity contribution in [2.24, 2.45) is 0 Å². The van der Waals surface area contributed by atoms with Crippen LogP contribution in [0.3, 0.4) is 0 Å². The Hall–Kier alpha value is -1.83. The molecule has 2 aromatic rings. The molecule has 7 nitrogen and oxygen atoms in total. The topological polar surface area (TPSA) is 95.1 Å². The lowest BCUT2D eigenvalue weighted by Crippen LogP contribution is -2.34. The van der Waals surface area contributed by atoms with E-state index in [1.165, 1.54) is 6.33 Å². The molecule has 1 amide bonds. The van der Waals surface area contributed by atoms with Crippen LogP contribution >= 0.6 is 15.9 Å². The second-order valence-electron chi connectivity index (χ2n) is 5.56. The van der Waals surface area contributed by atoms with Gasteiger partial charge in [-0.25, -0.2) is 14.8 Å². The average molecular weight is 356 g/mol. The number of aromatic nitrogens is 3. The minimum atomic E-state index is -0.505. The van der Waals surface area contributed by atoms with Crippen LogP contribution in [0.5, 0.6) is 0 Å². The normalized spacial score (nSPS) is 11.6. The predicted octanol–water partition coefficient (Wildman–Crippen LogP) is 2.30. The number of fused-ring (bicyclic) bond motifs is 1. The third-order valence-corrected chi connectivity index (χ3v) is 3.26. The molecule has 2 aromatic heterocycles. The van der Waals surface area contributed by atoms with Crippen molar-refractivity contribution in [3.05, 3.63) is 17.0 Å². The number of hydrogen-bond acceptors (Lipinski definition) is 5. The third kappa shape index (κ3) is 3.84. The molecule has 2 rings (SSSR count). The van der Waals surface area contributed by atoms with Crippen molar-refractivity contribution in [1.29, 1.82) is 0 Å². The summed E-state index contributed by atoms with van der Waals surface area (Å²) >= 11 is 3.44. The van der Waals surface area contributed by atoms with E-state index in [4.69, 9.17) is 10.5 Å². The first-order valence-electron chi connectivity index (χ1n) is 6.49. The number of carbonyl (C=O) groups excluding carboxylic acids is 1. The van der Waals surface area contributed by atoms with Gasteiger partial charge in [0.25, 0.3) is 0 Å². The molecule has 114 valence electrons. The summed E-state index contributed by atoms with van der Waals surface area (Å²) in [6.07, 6.45) is 2.85. The molecule has 21 heavy (non-hydrogen) atoms. The number of ether oxygens (including phenoxy) is 1. The minimum absolute atomic E-state index is 0.422. The van der Waals surface area contributed by atoms with Crippen LogP contribution in [0.4, 0.5) is 10.6 Å². The van der Waals surface area contributed by atoms with E-state index in [-0.39, 0.29) is 0 Å². The maximum atomic E-state index is 11.6. The highest BCUT2D eigenvalue weighted by Gasteiger charge is 2.16. The molecule has 0 saturated carbocycles. The molecular formula is C13H18BrN5O2. The predicted molar refractivity (Wildman–Crippen MR) is 83.9 cm³/mol. The first kappa shape index (κ1) is 15.6. The second-order valence-corrected chi connectivity index (χ2v) is 6.41. The molecule has 0 saturated heterocycles. The zero-order valence-electron chi connectivity index (χ0n) is 12.2. The average Bonchev–Trinajstić information content (AvgIpc) is 2.65. The van der Waals surface area contributed by atoms with Gasteiger partial charge in [0.2, 0.25) is 0 Å². The fourth-order valence-corrected chi connectivity index (χ4v) is 2.49. The van der Waals surface area contributed by atoms with Gasteiger partial charge in [-0.3, -0.25) is 0 Å². The van der Waals surface area contributed by atoms with Gasteiger partial charge in [0.05, 0.1) is 5.39 Å². The van der Waals surface area contributed by atoms with Crippen LogP contribution in [0.2, 0.25) is 0 Å². The smallest absolute Gasteiger partial charge is 0.407 e. The second kappa shape index (κ2) is 5.88. The van der Waals surface area contributed by atoms with Crippen LogP contribution in [0.25, 0.3) is 11.0 Å². The molecule has 0 bridgehead atoms. The van der Waals surface area contributed by atoms with Crippen LogP contribution < -0.4 is 11.1 Å². The Morgan fingerprint density at radius 2 is 2.19 bits per heavy atom. The van der Waals surface area contributed by atoms with E-state index in [0.29, 0.717) is 18.9 Å². The Kier molecular flexibility index (Phi) is 4.36. The number of halogens is 1. The Morgan fingerprint density at radius 3 is 2.86 bits per heavy atom. The van der Waals surface area contributed by atoms with Crippen molar-refractivity contribution in [3.63, 3.8) is 0 Å². The number of alkyl carbamates (subject to hydrolysis) is 1. The lowest BCUT2D eigenvalue weighted by molar-refractivity contribution is 0.0526. The SMILES string of the molecule is CC(C)(C)OC(=O)NCCn1cc(Br)c2c(N)ncnc21. The summed E-state index contributed by atoms with van der Waals surface area (Å²) in [7, 11) is 0. The van der Waals surface area contributed by atoms with Crippen molar-refractivity contribution in [1.82, 2.24) is 19.9 Å². The largest absolute Gasteiger partial charge is 0.444 e. The van der Waals surface area contributed by atoms with Crippen molar-refractivity contribution >= 4 is 38.9 Å². The Bertz CT molecular complexity index is 662. The van der Waals surface area contributed by atoms with E-state index in [2.05, 4.69) is 31.2 Å². The van der Waals surface area contributed by atoms with Crippen molar-refractivity contribution < 1.29 is 9.53 Å². The van der Waals surface area contributed by atoms with E-state index >= 15 is 0 Å². The maximum absolute atomic E-state index is 11.6. The van der Waals surface area contributed by atoms with Gasteiger partial charge < -0.3 is 20.4 Å². The first-order valence-corrected chi connectivity index (χ1v) is 7.29. The van der Waals surface area contributed by atoms with Crippen LogP contribution in [0, 0.1) is 0 Å². The molecule has 0 atom stereocenters. The highest BCUT2D eigenvalue weighted by molar-refractivity contribution is 9.10. The van der Waals surface area contributed by atoms with Crippen LogP contribution in [-0.4, -0.2) is 32.8 Å². The number of nitrogens with two attached hydrogens (primary N) is 1. The number of hydrogen-bond donors (Lipinski definition) is 2. The maximum Gasteiger partial charge on any atom is 0.407 e. The van der Waals surface area contributed by atoms with Crippen molar-refractivity contribution in [3.8, 4) is 0 Å². The Labute approximate surface area is 131 Å². The molecule has 0 aromatic carbocycles. The number of carbonyl (C=O) groups is 1. The summed E-state index contributed by atoms with van der Waals surface area (Å²) in [5.74, 6) is 0.422. The summed E-state index contributed by atoms with van der Waals surface area (Å²) in [6, 6.07) is 0. The standard InChI is InChI=1S/C13H18BrN5O2/c1-13(2,3)21-12(20)16-4-5-19-6-8(14)9-10(15)17-7-18-11(9)19/h6-7H,4-5H2,1-3H3,(H,16,20)(H2,15,17,18). The van der Waals surface area contributed by atoms with Crippen LogP contribution in [0.1, 0.15) is 20.8 Å². The highest BCUT2D eigenvalue weighted by atomic mass is 79.9. The summed E-state index contributed by atoms with van der Waals surface area (Å²) < 4.78 is 7.90. The zero-order valence-corrected chi connectivity index (χ0v) is 13.8. The molecule has 0 aliphatic carbocycles. The summed E-state index contributed by atoms with van der Waals surface area (Å²) in [5, 5.41) is 3.48. The fourth-order valence-electron chi connectivity index (χ4n) is 1.86. The van der Waals surface area contributed by atoms with E-state index < -0.39 is 11.7 Å². The van der Waals surface area contributed by atoms with Gasteiger partial charge in [0.1, 0.15) is 23.4 Å². The number of nitrogen functional groups attached to an aromatic ring is 1. The summed E-state index contributed by atoms with van der Waals surface area (Å²) in [5.41, 5.74) is 6.05. The van der Waals surface area contributed by atoms with Gasteiger partial charge in [0.15, 0.2) is 0 Å². The van der Waals surface area contributed by atoms with E-state index in [9.17, 15) is 4.79 Å². The van der Waals surface area contributed by atoms with Gasteiger partial charge in [0, 0.05) is 23.8 Å². The van der Waals surface area contributed by atoms with Crippen molar-refractivity contribution in [2.45, 2.75) is 32.9 Å². The Balaban J connectivity index is 2.02. The van der Waals surface area contributed by atoms with Gasteiger partial charge in [-0.05, 0) is 36.7 Å². The lowest BCUT2D eigenvalue weighted by atomic mass is 10.2. The zero-order chi connectivity index (χ0) is 15.6. The molecule has 8 heteroatoms. The molecule has 0 radical (unpaired) electrons. The number of rotatable bonds is 3. The highest BCUT2D eigenvalue weighted by Crippen LogP contribution is 2.27. The molecular weight excluding hydrogens is 338 g/mol. The van der Waals surface area contributed by atoms with Gasteiger partial charge in [-0.2, -0.15) is 0 Å². The molecule has 0 aliphatic heterocycles. The molecule has 0 fully saturated rings. The number of amides is 1. The first-order chi connectivity index (χ1) is 9.78. The molecule has 0 aliphatic rings. The van der Waals surface area contributed by atoms with Crippen LogP contribution in [-0.2, 0) is 11.3 Å². The third-order valence-electron chi connectivity index (χ3n) is 2.66. The minimum Gasteiger partial charge on any atom is -0.444 e. The van der Waals surface area contributed by atoms with Gasteiger partial charge >= 0.3 is 6.09 Å². The number of anilines is 1. The van der Waals surface area contributed by atoms with E-state index in [0.717, 1.165) is 15.5 Å².